The van der Waals surface area contributed by atoms with Crippen LogP contribution in [0.25, 0.3) is 0 Å². The topological polar surface area (TPSA) is 111 Å². The average Bonchev–Trinajstić information content (AvgIpc) is 3.17. The normalized spacial score (nSPS) is 13.6. The number of carbonyl (C=O) groups excluding carboxylic acids is 2. The molecule has 2 atom stereocenters. The maximum absolute atomic E-state index is 12.7. The Hall–Kier alpha value is -1.25. The van der Waals surface area contributed by atoms with Gasteiger partial charge in [0.05, 0.1) is 27.7 Å². The van der Waals surface area contributed by atoms with Crippen molar-refractivity contribution in [3.63, 3.8) is 0 Å². The number of nitrogens with zero attached hydrogens (tertiary/aromatic N) is 1. The standard InChI is InChI=1S/C48H94NO8P/c1-6-8-10-12-14-16-18-20-22-23-24-25-27-28-30-32-34-36-38-40-47(50)54-44-46(45-56-58(52,53)55-43-42-49(3,4)5)57-48(51)41-39-37-35-33-31-29-26-21-19-17-15-13-11-9-7-2/h21,26,46H,6-20,22-25,27-45H2,1-5H3/b26-21+. The van der Waals surface area contributed by atoms with Gasteiger partial charge in [0.15, 0.2) is 6.10 Å². The number of allylic oxidation sites excluding steroid dienone is 2. The minimum Gasteiger partial charge on any atom is -0.756 e. The molecule has 0 saturated heterocycles. The molecule has 58 heavy (non-hydrogen) atoms. The Kier molecular flexibility index (Phi) is 40.2. The molecule has 0 bridgehead atoms. The first kappa shape index (κ1) is 56.8. The van der Waals surface area contributed by atoms with Gasteiger partial charge in [-0.2, -0.15) is 0 Å². The molecule has 344 valence electrons. The number of likely N-dealkylation sites (N-methyl/N-ethyl adjacent to an activating group) is 1. The Morgan fingerprint density at radius 3 is 1.28 bits per heavy atom. The molecule has 0 amide bonds. The lowest BCUT2D eigenvalue weighted by Gasteiger charge is -2.28. The average molecular weight is 844 g/mol. The minimum absolute atomic E-state index is 0.0291. The Labute approximate surface area is 358 Å². The largest absolute Gasteiger partial charge is 0.756 e. The summed E-state index contributed by atoms with van der Waals surface area (Å²) in [7, 11) is 1.17. The summed E-state index contributed by atoms with van der Waals surface area (Å²) in [4.78, 5) is 37.6. The van der Waals surface area contributed by atoms with Crippen LogP contribution in [0, 0.1) is 0 Å². The van der Waals surface area contributed by atoms with Gasteiger partial charge in [0.2, 0.25) is 0 Å². The second kappa shape index (κ2) is 41.1. The van der Waals surface area contributed by atoms with Crippen molar-refractivity contribution in [1.29, 1.82) is 0 Å². The molecule has 0 aromatic heterocycles. The number of ether oxygens (including phenoxy) is 2. The van der Waals surface area contributed by atoms with Gasteiger partial charge >= 0.3 is 11.9 Å². The van der Waals surface area contributed by atoms with Crippen LogP contribution in [0.2, 0.25) is 0 Å². The van der Waals surface area contributed by atoms with E-state index in [1.54, 1.807) is 0 Å². The van der Waals surface area contributed by atoms with Crippen LogP contribution < -0.4 is 4.89 Å². The fourth-order valence-electron chi connectivity index (χ4n) is 6.95. The molecule has 0 aliphatic heterocycles. The van der Waals surface area contributed by atoms with Crippen molar-refractivity contribution in [3.05, 3.63) is 12.2 Å². The summed E-state index contributed by atoms with van der Waals surface area (Å²) < 4.78 is 34.0. The summed E-state index contributed by atoms with van der Waals surface area (Å²) in [6.07, 6.45) is 43.8. The van der Waals surface area contributed by atoms with Gasteiger partial charge in [-0.3, -0.25) is 14.2 Å². The first-order valence-corrected chi connectivity index (χ1v) is 25.9. The predicted molar refractivity (Wildman–Crippen MR) is 241 cm³/mol. The molecule has 9 nitrogen and oxygen atoms in total. The number of hydrogen-bond donors (Lipinski definition) is 0. The minimum atomic E-state index is -4.62. The molecule has 0 heterocycles. The summed E-state index contributed by atoms with van der Waals surface area (Å²) in [5.74, 6) is -0.831. The van der Waals surface area contributed by atoms with E-state index in [-0.39, 0.29) is 32.0 Å². The molecule has 0 saturated carbocycles. The van der Waals surface area contributed by atoms with Crippen molar-refractivity contribution in [2.24, 2.45) is 0 Å². The van der Waals surface area contributed by atoms with Crippen molar-refractivity contribution in [2.45, 2.75) is 238 Å². The number of hydrogen-bond acceptors (Lipinski definition) is 8. The van der Waals surface area contributed by atoms with E-state index in [1.165, 1.54) is 148 Å². The van der Waals surface area contributed by atoms with E-state index in [9.17, 15) is 19.0 Å². The number of esters is 2. The third-order valence-corrected chi connectivity index (χ3v) is 11.7. The lowest BCUT2D eigenvalue weighted by Crippen LogP contribution is -2.37. The Bertz CT molecular complexity index is 1000. The smallest absolute Gasteiger partial charge is 0.306 e. The highest BCUT2D eigenvalue weighted by molar-refractivity contribution is 7.45. The second-order valence-electron chi connectivity index (χ2n) is 17.8. The Balaban J connectivity index is 4.25. The molecule has 0 spiro atoms. The van der Waals surface area contributed by atoms with Crippen LogP contribution in [0.1, 0.15) is 232 Å². The molecule has 0 fully saturated rings. The molecule has 0 aliphatic carbocycles. The summed E-state index contributed by atoms with van der Waals surface area (Å²) in [5.41, 5.74) is 0. The zero-order chi connectivity index (χ0) is 42.8. The fraction of sp³-hybridized carbons (Fsp3) is 0.917. The first-order chi connectivity index (χ1) is 28.0. The van der Waals surface area contributed by atoms with Gasteiger partial charge in [-0.25, -0.2) is 0 Å². The van der Waals surface area contributed by atoms with Crippen LogP contribution >= 0.6 is 7.82 Å². The monoisotopic (exact) mass is 844 g/mol. The van der Waals surface area contributed by atoms with Crippen LogP contribution in [0.5, 0.6) is 0 Å². The van der Waals surface area contributed by atoms with Crippen molar-refractivity contribution >= 4 is 19.8 Å². The van der Waals surface area contributed by atoms with E-state index in [1.807, 2.05) is 21.1 Å². The number of unbranched alkanes of at least 4 members (excludes halogenated alkanes) is 29. The van der Waals surface area contributed by atoms with E-state index < -0.39 is 26.5 Å². The summed E-state index contributed by atoms with van der Waals surface area (Å²) in [5, 5.41) is 0. The molecule has 0 rings (SSSR count). The van der Waals surface area contributed by atoms with Gasteiger partial charge in [0, 0.05) is 12.8 Å². The summed E-state index contributed by atoms with van der Waals surface area (Å²) in [6, 6.07) is 0. The quantitative estimate of drug-likeness (QED) is 0.0196. The Morgan fingerprint density at radius 1 is 0.517 bits per heavy atom. The fourth-order valence-corrected chi connectivity index (χ4v) is 7.67. The summed E-state index contributed by atoms with van der Waals surface area (Å²) in [6.45, 7) is 4.25. The van der Waals surface area contributed by atoms with Crippen LogP contribution in [-0.4, -0.2) is 70.0 Å². The van der Waals surface area contributed by atoms with E-state index in [0.29, 0.717) is 17.4 Å². The Morgan fingerprint density at radius 2 is 0.879 bits per heavy atom. The maximum Gasteiger partial charge on any atom is 0.306 e. The SMILES string of the molecule is CCCCCCCC/C=C/CCCCCCCC(=O)OC(COC(=O)CCCCCCCCCCCCCCCCCCCCC)COP(=O)([O-])OCC[N+](C)(C)C. The van der Waals surface area contributed by atoms with E-state index in [4.69, 9.17) is 18.5 Å². The van der Waals surface area contributed by atoms with E-state index >= 15 is 0 Å². The zero-order valence-electron chi connectivity index (χ0n) is 38.8. The molecular weight excluding hydrogens is 750 g/mol. The van der Waals surface area contributed by atoms with Gasteiger partial charge < -0.3 is 27.9 Å². The van der Waals surface area contributed by atoms with Crippen molar-refractivity contribution in [2.75, 3.05) is 47.5 Å². The highest BCUT2D eigenvalue weighted by Gasteiger charge is 2.21. The number of quaternary nitrogens is 1. The van der Waals surface area contributed by atoms with Gasteiger partial charge in [0.25, 0.3) is 7.82 Å². The van der Waals surface area contributed by atoms with Gasteiger partial charge in [-0.05, 0) is 38.5 Å². The molecular formula is C48H94NO8P. The highest BCUT2D eigenvalue weighted by Crippen LogP contribution is 2.38. The third-order valence-electron chi connectivity index (χ3n) is 10.8. The third kappa shape index (κ3) is 44.3. The van der Waals surface area contributed by atoms with Crippen molar-refractivity contribution in [3.8, 4) is 0 Å². The van der Waals surface area contributed by atoms with Crippen LogP contribution in [0.15, 0.2) is 12.2 Å². The highest BCUT2D eigenvalue weighted by atomic mass is 31.2. The molecule has 2 unspecified atom stereocenters. The van der Waals surface area contributed by atoms with Gasteiger partial charge in [-0.15, -0.1) is 0 Å². The summed E-state index contributed by atoms with van der Waals surface area (Å²) >= 11 is 0. The predicted octanol–water partition coefficient (Wildman–Crippen LogP) is 13.5. The second-order valence-corrected chi connectivity index (χ2v) is 19.2. The van der Waals surface area contributed by atoms with Crippen molar-refractivity contribution < 1.29 is 42.1 Å². The van der Waals surface area contributed by atoms with Gasteiger partial charge in [0.1, 0.15) is 19.8 Å². The van der Waals surface area contributed by atoms with Crippen LogP contribution in [-0.2, 0) is 32.7 Å². The molecule has 0 aliphatic rings. The molecule has 0 radical (unpaired) electrons. The maximum atomic E-state index is 12.7. The number of phosphoric ester groups is 1. The van der Waals surface area contributed by atoms with Crippen LogP contribution in [0.4, 0.5) is 0 Å². The van der Waals surface area contributed by atoms with E-state index in [0.717, 1.165) is 51.4 Å². The molecule has 0 aromatic rings. The molecule has 0 N–H and O–H groups in total. The van der Waals surface area contributed by atoms with Crippen molar-refractivity contribution in [1.82, 2.24) is 0 Å². The number of rotatable bonds is 45. The van der Waals surface area contributed by atoms with E-state index in [2.05, 4.69) is 26.0 Å². The number of phosphoric acid groups is 1. The first-order valence-electron chi connectivity index (χ1n) is 24.4. The molecule has 10 heteroatoms. The van der Waals surface area contributed by atoms with Gasteiger partial charge in [-0.1, -0.05) is 193 Å². The lowest BCUT2D eigenvalue weighted by molar-refractivity contribution is -0.870. The zero-order valence-corrected chi connectivity index (χ0v) is 39.7. The van der Waals surface area contributed by atoms with Crippen LogP contribution in [0.3, 0.4) is 0 Å². The lowest BCUT2D eigenvalue weighted by atomic mass is 10.0. The molecule has 0 aromatic carbocycles. The number of carbonyl (C=O) groups is 2.